The number of nitrogens with two attached hydrogens (primary N) is 1. The summed E-state index contributed by atoms with van der Waals surface area (Å²) in [6, 6.07) is 31.9. The topological polar surface area (TPSA) is 116 Å². The number of nitrogens with zero attached hydrogens (tertiary/aromatic N) is 4. The Kier molecular flexibility index (Phi) is 12.1. The van der Waals surface area contributed by atoms with Gasteiger partial charge in [-0.15, -0.1) is 0 Å². The van der Waals surface area contributed by atoms with Crippen molar-refractivity contribution in [1.29, 1.82) is 0 Å². The molecule has 47 heavy (non-hydrogen) atoms. The molecule has 0 spiro atoms. The van der Waals surface area contributed by atoms with Crippen LogP contribution in [0.15, 0.2) is 109 Å². The Labute approximate surface area is 275 Å². The summed E-state index contributed by atoms with van der Waals surface area (Å²) in [5.41, 5.74) is 8.55. The number of hydrogen-bond acceptors (Lipinski definition) is 5. The van der Waals surface area contributed by atoms with Crippen molar-refractivity contribution in [3.8, 4) is 5.75 Å². The summed E-state index contributed by atoms with van der Waals surface area (Å²) in [6.07, 6.45) is 1.64. The van der Waals surface area contributed by atoms with Crippen molar-refractivity contribution in [1.82, 2.24) is 0 Å². The number of likely N-dealkylation sites (N-methyl/N-ethyl adjacent to an activating group) is 1. The number of amides is 5. The minimum absolute atomic E-state index is 0.296. The molecule has 0 saturated carbocycles. The van der Waals surface area contributed by atoms with Crippen LogP contribution in [0.4, 0.5) is 27.5 Å². The lowest BCUT2D eigenvalue weighted by molar-refractivity contribution is -0.121. The molecular weight excluding hydrogens is 594 g/mol. The third kappa shape index (κ3) is 9.43. The molecule has 244 valence electrons. The van der Waals surface area contributed by atoms with Gasteiger partial charge in [-0.25, -0.2) is 4.79 Å². The molecule has 0 aliphatic carbocycles. The van der Waals surface area contributed by atoms with Crippen LogP contribution in [0, 0.1) is 6.92 Å². The Morgan fingerprint density at radius 2 is 1.23 bits per heavy atom. The van der Waals surface area contributed by atoms with Gasteiger partial charge in [0.2, 0.25) is 11.8 Å². The van der Waals surface area contributed by atoms with Crippen LogP contribution in [0.25, 0.3) is 0 Å². The minimum Gasteiger partial charge on any atom is -0.484 e. The van der Waals surface area contributed by atoms with Crippen LogP contribution < -0.4 is 30.1 Å². The van der Waals surface area contributed by atoms with E-state index in [0.717, 1.165) is 24.1 Å². The fraction of sp³-hybridized carbons (Fsp3) is 0.243. The normalized spacial score (nSPS) is 10.5. The minimum atomic E-state index is -0.652. The summed E-state index contributed by atoms with van der Waals surface area (Å²) in [4.78, 5) is 59.7. The van der Waals surface area contributed by atoms with Gasteiger partial charge >= 0.3 is 6.03 Å². The molecule has 0 aromatic heterocycles. The highest BCUT2D eigenvalue weighted by Crippen LogP contribution is 2.26. The summed E-state index contributed by atoms with van der Waals surface area (Å²) in [7, 11) is 1.64. The quantitative estimate of drug-likeness (QED) is 0.188. The van der Waals surface area contributed by atoms with Crippen LogP contribution in [-0.4, -0.2) is 57.0 Å². The van der Waals surface area contributed by atoms with Crippen molar-refractivity contribution in [2.45, 2.75) is 26.7 Å². The Morgan fingerprint density at radius 3 is 1.85 bits per heavy atom. The van der Waals surface area contributed by atoms with Gasteiger partial charge in [0.15, 0.2) is 6.61 Å². The average Bonchev–Trinajstić information content (AvgIpc) is 3.09. The number of carbonyl (C=O) groups is 4. The molecule has 0 heterocycles. The molecule has 2 N–H and O–H groups in total. The van der Waals surface area contributed by atoms with Gasteiger partial charge in [0.1, 0.15) is 18.8 Å². The van der Waals surface area contributed by atoms with Gasteiger partial charge < -0.3 is 20.3 Å². The first-order valence-electron chi connectivity index (χ1n) is 15.5. The molecule has 4 rings (SSSR count). The Morgan fingerprint density at radius 1 is 0.660 bits per heavy atom. The van der Waals surface area contributed by atoms with E-state index in [-0.39, 0.29) is 31.6 Å². The molecule has 0 aliphatic heterocycles. The molecule has 5 amide bonds. The van der Waals surface area contributed by atoms with Crippen molar-refractivity contribution in [3.63, 3.8) is 0 Å². The lowest BCUT2D eigenvalue weighted by Gasteiger charge is -2.33. The van der Waals surface area contributed by atoms with Crippen LogP contribution in [0.5, 0.6) is 5.75 Å². The van der Waals surface area contributed by atoms with Crippen molar-refractivity contribution in [2.24, 2.45) is 5.73 Å². The predicted molar refractivity (Wildman–Crippen MR) is 186 cm³/mol. The highest BCUT2D eigenvalue weighted by atomic mass is 16.5. The van der Waals surface area contributed by atoms with Crippen molar-refractivity contribution in [3.05, 3.63) is 115 Å². The van der Waals surface area contributed by atoms with Gasteiger partial charge in [-0.05, 0) is 67.4 Å². The second-order valence-electron chi connectivity index (χ2n) is 11.1. The van der Waals surface area contributed by atoms with E-state index >= 15 is 0 Å². The Bertz CT molecular complexity index is 1660. The maximum absolute atomic E-state index is 14.4. The first-order valence-corrected chi connectivity index (χ1v) is 15.5. The first-order chi connectivity index (χ1) is 22.7. The highest BCUT2D eigenvalue weighted by Gasteiger charge is 2.30. The zero-order valence-electron chi connectivity index (χ0n) is 27.0. The largest absolute Gasteiger partial charge is 0.484 e. The molecule has 0 fully saturated rings. The molecule has 0 atom stereocenters. The summed E-state index contributed by atoms with van der Waals surface area (Å²) in [5.74, 6) is -1.20. The molecule has 10 nitrogen and oxygen atoms in total. The fourth-order valence-corrected chi connectivity index (χ4v) is 4.95. The van der Waals surface area contributed by atoms with Crippen LogP contribution in [0.2, 0.25) is 0 Å². The van der Waals surface area contributed by atoms with Crippen molar-refractivity contribution < 1.29 is 23.9 Å². The zero-order chi connectivity index (χ0) is 33.8. The second kappa shape index (κ2) is 16.6. The number of ether oxygens (including phenoxy) is 1. The number of unbranched alkanes of at least 4 members (excludes halogenated alkanes) is 1. The van der Waals surface area contributed by atoms with Crippen molar-refractivity contribution in [2.75, 3.05) is 52.9 Å². The zero-order valence-corrected chi connectivity index (χ0v) is 27.0. The van der Waals surface area contributed by atoms with Gasteiger partial charge in [0.25, 0.3) is 5.91 Å². The summed E-state index contributed by atoms with van der Waals surface area (Å²) in [5, 5.41) is 0. The fourth-order valence-electron chi connectivity index (χ4n) is 4.95. The third-order valence-corrected chi connectivity index (χ3v) is 7.49. The number of anilines is 4. The molecule has 4 aromatic carbocycles. The van der Waals surface area contributed by atoms with Gasteiger partial charge in [0, 0.05) is 42.4 Å². The SMILES string of the molecule is CCCCN(C(=O)N(CC(=O)N(CC(=O)N(C)c1ccccc1)c1cccc(OCC(N)=O)c1)c1ccccc1)c1cccc(C)c1. The lowest BCUT2D eigenvalue weighted by atomic mass is 10.2. The number of aryl methyl sites for hydroxylation is 1. The number of rotatable bonds is 14. The highest BCUT2D eigenvalue weighted by molar-refractivity contribution is 6.10. The number of primary amides is 1. The van der Waals surface area contributed by atoms with Gasteiger partial charge in [-0.1, -0.05) is 67.9 Å². The molecule has 10 heteroatoms. The summed E-state index contributed by atoms with van der Waals surface area (Å²) in [6.45, 7) is 3.45. The van der Waals surface area contributed by atoms with E-state index in [1.165, 1.54) is 14.7 Å². The number of para-hydroxylation sites is 2. The van der Waals surface area contributed by atoms with Crippen LogP contribution in [-0.2, 0) is 14.4 Å². The van der Waals surface area contributed by atoms with Crippen LogP contribution in [0.3, 0.4) is 0 Å². The van der Waals surface area contributed by atoms with Crippen LogP contribution >= 0.6 is 0 Å². The van der Waals surface area contributed by atoms with Gasteiger partial charge in [-0.3, -0.25) is 24.2 Å². The maximum atomic E-state index is 14.4. The Hall–Kier alpha value is -5.64. The summed E-state index contributed by atoms with van der Waals surface area (Å²) >= 11 is 0. The molecule has 0 bridgehead atoms. The van der Waals surface area contributed by atoms with E-state index in [1.54, 1.807) is 72.6 Å². The molecule has 0 radical (unpaired) electrons. The van der Waals surface area contributed by atoms with Gasteiger partial charge in [0.05, 0.1) is 0 Å². The first kappa shape index (κ1) is 34.2. The van der Waals surface area contributed by atoms with E-state index in [0.29, 0.717) is 29.4 Å². The Balaban J connectivity index is 1.71. The lowest BCUT2D eigenvalue weighted by Crippen LogP contribution is -2.51. The van der Waals surface area contributed by atoms with Crippen LogP contribution in [0.1, 0.15) is 25.3 Å². The third-order valence-electron chi connectivity index (χ3n) is 7.49. The van der Waals surface area contributed by atoms with E-state index in [9.17, 15) is 19.2 Å². The smallest absolute Gasteiger partial charge is 0.329 e. The van der Waals surface area contributed by atoms with E-state index in [1.807, 2.05) is 55.5 Å². The molecule has 0 aliphatic rings. The number of benzene rings is 4. The molecule has 0 unspecified atom stereocenters. The number of carbonyl (C=O) groups excluding carboxylic acids is 4. The van der Waals surface area contributed by atoms with E-state index in [4.69, 9.17) is 10.5 Å². The number of hydrogen-bond donors (Lipinski definition) is 1. The predicted octanol–water partition coefficient (Wildman–Crippen LogP) is 5.79. The van der Waals surface area contributed by atoms with Gasteiger partial charge in [-0.2, -0.15) is 0 Å². The number of urea groups is 1. The van der Waals surface area contributed by atoms with Crippen molar-refractivity contribution >= 4 is 46.5 Å². The van der Waals surface area contributed by atoms with E-state index in [2.05, 4.69) is 6.92 Å². The maximum Gasteiger partial charge on any atom is 0.329 e. The monoisotopic (exact) mass is 635 g/mol. The molecular formula is C37H41N5O5. The average molecular weight is 636 g/mol. The molecule has 0 saturated heterocycles. The molecule has 4 aromatic rings. The van der Waals surface area contributed by atoms with E-state index < -0.39 is 11.8 Å². The summed E-state index contributed by atoms with van der Waals surface area (Å²) < 4.78 is 5.50. The standard InChI is InChI=1S/C37H41N5O5/c1-4-5-22-40(31-19-12-14-28(2)23-31)37(46)42(30-17-10-7-11-18-30)26-36(45)41(25-35(44)39(3)29-15-8-6-9-16-29)32-20-13-21-33(24-32)47-27-34(38)43/h6-21,23-24H,4-5,22,25-27H2,1-3H3,(H2,38,43). The second-order valence-corrected chi connectivity index (χ2v) is 11.1.